The molecular weight excluding hydrogens is 494 g/mol. The maximum atomic E-state index is 13.2. The van der Waals surface area contributed by atoms with Crippen molar-refractivity contribution in [3.8, 4) is 0 Å². The van der Waals surface area contributed by atoms with Gasteiger partial charge in [0.2, 0.25) is 11.9 Å². The van der Waals surface area contributed by atoms with Crippen molar-refractivity contribution in [2.24, 2.45) is 5.90 Å². The Hall–Kier alpha value is -1.37. The first-order valence-electron chi connectivity index (χ1n) is 6.91. The summed E-state index contributed by atoms with van der Waals surface area (Å²) in [5, 5.41) is 15.3. The standard InChI is InChI=1S/C9H12BrFN2O.C6H3BrFNO.CH4.H3NO/c1-9(2,13-14)4-6-3-7(10)5-12-8(6)11;7-5-1-4(3-10)6(8)9-2-5;;1-2/h3,5,13-14H,4H2,1-2H3;1-3H;1H4;2H,1H2. The number of rotatable bonds is 4. The number of hydroxylamine groups is 1. The Morgan fingerprint density at radius 2 is 1.63 bits per heavy atom. The van der Waals surface area contributed by atoms with Crippen molar-refractivity contribution in [2.75, 3.05) is 0 Å². The molecule has 2 rings (SSSR count). The molecule has 2 heterocycles. The van der Waals surface area contributed by atoms with Gasteiger partial charge in [-0.1, -0.05) is 7.43 Å². The van der Waals surface area contributed by atoms with E-state index in [9.17, 15) is 13.6 Å². The lowest BCUT2D eigenvalue weighted by molar-refractivity contribution is 0.0811. The molecular formula is C16H22Br2F2N4O3. The second kappa shape index (κ2) is 13.7. The highest BCUT2D eigenvalue weighted by atomic mass is 79.9. The van der Waals surface area contributed by atoms with Gasteiger partial charge < -0.3 is 10.4 Å². The largest absolute Gasteiger partial charge is 0.320 e. The molecule has 0 bridgehead atoms. The van der Waals surface area contributed by atoms with E-state index >= 15 is 0 Å². The van der Waals surface area contributed by atoms with Crippen molar-refractivity contribution < 1.29 is 24.0 Å². The van der Waals surface area contributed by atoms with Gasteiger partial charge in [0.25, 0.3) is 0 Å². The average Bonchev–Trinajstić information content (AvgIpc) is 2.62. The third kappa shape index (κ3) is 10.5. The zero-order valence-electron chi connectivity index (χ0n) is 13.9. The molecule has 0 spiro atoms. The van der Waals surface area contributed by atoms with Crippen molar-refractivity contribution in [3.63, 3.8) is 0 Å². The lowest BCUT2D eigenvalue weighted by atomic mass is 9.97. The molecule has 0 saturated carbocycles. The van der Waals surface area contributed by atoms with Crippen LogP contribution in [0.2, 0.25) is 0 Å². The van der Waals surface area contributed by atoms with Crippen LogP contribution in [-0.2, 0) is 6.42 Å². The summed E-state index contributed by atoms with van der Waals surface area (Å²) in [4.78, 5) is 17.0. The first-order chi connectivity index (χ1) is 12.2. The van der Waals surface area contributed by atoms with E-state index in [1.807, 2.05) is 0 Å². The number of hydrogen-bond donors (Lipinski definition) is 4. The number of halogens is 4. The number of carbonyl (C=O) groups is 1. The fraction of sp³-hybridized carbons (Fsp3) is 0.312. The number of nitrogens with two attached hydrogens (primary N) is 1. The Morgan fingerprint density at radius 3 is 2.07 bits per heavy atom. The van der Waals surface area contributed by atoms with E-state index in [0.29, 0.717) is 22.7 Å². The predicted octanol–water partition coefficient (Wildman–Crippen LogP) is 4.05. The van der Waals surface area contributed by atoms with Crippen molar-refractivity contribution in [1.82, 2.24) is 15.4 Å². The number of nitrogens with zero attached hydrogens (tertiary/aromatic N) is 2. The van der Waals surface area contributed by atoms with Crippen LogP contribution in [0.1, 0.15) is 37.2 Å². The second-order valence-electron chi connectivity index (χ2n) is 5.43. The first-order valence-corrected chi connectivity index (χ1v) is 8.50. The number of carbonyl (C=O) groups excluding carboxylic acids is 1. The van der Waals surface area contributed by atoms with Crippen molar-refractivity contribution >= 4 is 38.1 Å². The predicted molar refractivity (Wildman–Crippen MR) is 105 cm³/mol. The van der Waals surface area contributed by atoms with Crippen LogP contribution in [0.3, 0.4) is 0 Å². The van der Waals surface area contributed by atoms with Gasteiger partial charge in [-0.25, -0.2) is 15.9 Å². The van der Waals surface area contributed by atoms with Crippen molar-refractivity contribution in [3.05, 3.63) is 56.5 Å². The minimum Gasteiger partial charge on any atom is -0.320 e. The summed E-state index contributed by atoms with van der Waals surface area (Å²) < 4.78 is 26.9. The van der Waals surface area contributed by atoms with Gasteiger partial charge in [0.1, 0.15) is 0 Å². The van der Waals surface area contributed by atoms with Crippen LogP contribution in [0.4, 0.5) is 8.78 Å². The lowest BCUT2D eigenvalue weighted by Crippen LogP contribution is -2.39. The summed E-state index contributed by atoms with van der Waals surface area (Å²) in [6.45, 7) is 3.54. The van der Waals surface area contributed by atoms with E-state index in [1.165, 1.54) is 18.5 Å². The Bertz CT molecular complexity index is 722. The number of hydrogen-bond acceptors (Lipinski definition) is 7. The third-order valence-electron chi connectivity index (χ3n) is 2.77. The van der Waals surface area contributed by atoms with Crippen molar-refractivity contribution in [1.29, 1.82) is 0 Å². The van der Waals surface area contributed by atoms with Gasteiger partial charge in [0, 0.05) is 32.4 Å². The van der Waals surface area contributed by atoms with Gasteiger partial charge in [0.05, 0.1) is 5.56 Å². The van der Waals surface area contributed by atoms with Crippen LogP contribution in [0.15, 0.2) is 33.5 Å². The summed E-state index contributed by atoms with van der Waals surface area (Å²) in [7, 11) is 0. The molecule has 0 amide bonds. The van der Waals surface area contributed by atoms with Gasteiger partial charge in [-0.05, 0) is 64.3 Å². The summed E-state index contributed by atoms with van der Waals surface area (Å²) in [5.74, 6) is 2.26. The Labute approximate surface area is 173 Å². The van der Waals surface area contributed by atoms with Gasteiger partial charge >= 0.3 is 0 Å². The number of aromatic nitrogens is 2. The van der Waals surface area contributed by atoms with Crippen LogP contribution in [-0.4, -0.2) is 32.2 Å². The highest BCUT2D eigenvalue weighted by molar-refractivity contribution is 9.10. The summed E-state index contributed by atoms with van der Waals surface area (Å²) in [5.41, 5.74) is 1.99. The Kier molecular flexibility index (Phi) is 14.2. The molecule has 0 radical (unpaired) electrons. The third-order valence-corrected chi connectivity index (χ3v) is 3.64. The van der Waals surface area contributed by atoms with Gasteiger partial charge in [-0.15, -0.1) is 0 Å². The molecule has 0 saturated heterocycles. The highest BCUT2D eigenvalue weighted by Crippen LogP contribution is 2.18. The molecule has 5 N–H and O–H groups in total. The molecule has 11 heteroatoms. The lowest BCUT2D eigenvalue weighted by Gasteiger charge is -2.22. The Balaban J connectivity index is 0. The second-order valence-corrected chi connectivity index (χ2v) is 7.26. The van der Waals surface area contributed by atoms with E-state index in [2.05, 4.69) is 53.2 Å². The number of pyridine rings is 2. The summed E-state index contributed by atoms with van der Waals surface area (Å²) in [6.07, 6.45) is 3.48. The molecule has 2 aromatic heterocycles. The van der Waals surface area contributed by atoms with E-state index in [4.69, 9.17) is 10.4 Å². The number of nitrogens with one attached hydrogen (secondary N) is 1. The average molecular weight is 516 g/mol. The summed E-state index contributed by atoms with van der Waals surface area (Å²) >= 11 is 6.26. The number of aldehydes is 1. The monoisotopic (exact) mass is 514 g/mol. The van der Waals surface area contributed by atoms with E-state index < -0.39 is 17.4 Å². The Morgan fingerprint density at radius 1 is 1.15 bits per heavy atom. The summed E-state index contributed by atoms with van der Waals surface area (Å²) in [6, 6.07) is 3.02. The quantitative estimate of drug-likeness (QED) is 0.275. The van der Waals surface area contributed by atoms with Gasteiger partial charge in [0.15, 0.2) is 6.29 Å². The molecule has 0 aliphatic rings. The SMILES string of the molecule is C.CC(C)(Cc1cc(Br)cnc1F)NO.NO.O=Cc1cc(Br)cnc1F. The van der Waals surface area contributed by atoms with E-state index in [-0.39, 0.29) is 13.0 Å². The van der Waals surface area contributed by atoms with E-state index in [0.717, 1.165) is 4.47 Å². The first kappa shape index (κ1) is 27.8. The zero-order valence-corrected chi connectivity index (χ0v) is 17.1. The fourth-order valence-corrected chi connectivity index (χ4v) is 2.35. The van der Waals surface area contributed by atoms with Gasteiger partial charge in [-0.2, -0.15) is 14.3 Å². The molecule has 7 nitrogen and oxygen atoms in total. The molecule has 0 fully saturated rings. The molecule has 0 aliphatic carbocycles. The zero-order chi connectivity index (χ0) is 20.3. The fourth-order valence-electron chi connectivity index (χ4n) is 1.63. The minimum absolute atomic E-state index is 0. The maximum Gasteiger partial charge on any atom is 0.223 e. The molecule has 0 aromatic carbocycles. The minimum atomic E-state index is -0.738. The molecule has 27 heavy (non-hydrogen) atoms. The van der Waals surface area contributed by atoms with Gasteiger partial charge in [-0.3, -0.25) is 4.79 Å². The van der Waals surface area contributed by atoms with Crippen LogP contribution < -0.4 is 11.4 Å². The smallest absolute Gasteiger partial charge is 0.223 e. The molecule has 0 aliphatic heterocycles. The van der Waals surface area contributed by atoms with Crippen LogP contribution in [0, 0.1) is 11.9 Å². The maximum absolute atomic E-state index is 13.2. The van der Waals surface area contributed by atoms with Crippen LogP contribution in [0.25, 0.3) is 0 Å². The topological polar surface area (TPSA) is 121 Å². The molecule has 152 valence electrons. The van der Waals surface area contributed by atoms with Crippen LogP contribution >= 0.6 is 31.9 Å². The highest BCUT2D eigenvalue weighted by Gasteiger charge is 2.19. The molecule has 0 atom stereocenters. The van der Waals surface area contributed by atoms with Crippen LogP contribution in [0.5, 0.6) is 0 Å². The molecule has 2 aromatic rings. The normalized spacial score (nSPS) is 9.81. The van der Waals surface area contributed by atoms with Crippen molar-refractivity contribution in [2.45, 2.75) is 33.2 Å². The van der Waals surface area contributed by atoms with E-state index in [1.54, 1.807) is 19.9 Å². The molecule has 0 unspecified atom stereocenters.